The van der Waals surface area contributed by atoms with Gasteiger partial charge in [0.1, 0.15) is 0 Å². The van der Waals surface area contributed by atoms with Crippen LogP contribution in [0.25, 0.3) is 0 Å². The normalized spacial score (nSPS) is 15.8. The molecule has 3 aromatic rings. The number of nitrogens with zero attached hydrogens (tertiary/aromatic N) is 2. The molecule has 0 aliphatic carbocycles. The molecule has 30 heavy (non-hydrogen) atoms. The first-order valence-corrected chi connectivity index (χ1v) is 10.4. The molecule has 1 aliphatic rings. The SMILES string of the molecule is O=C(Nc1nccs1)c1ccc(NC(=O)C2CC(=O)N(c3ccccc3Cl)C2)cc1. The van der Waals surface area contributed by atoms with Crippen molar-refractivity contribution in [1.29, 1.82) is 0 Å². The van der Waals surface area contributed by atoms with Crippen molar-refractivity contribution in [3.8, 4) is 0 Å². The molecule has 1 atom stereocenters. The van der Waals surface area contributed by atoms with Crippen LogP contribution in [-0.2, 0) is 9.59 Å². The topological polar surface area (TPSA) is 91.4 Å². The van der Waals surface area contributed by atoms with Gasteiger partial charge in [0, 0.05) is 35.8 Å². The number of nitrogens with one attached hydrogen (secondary N) is 2. The third kappa shape index (κ3) is 4.34. The number of hydrogen-bond donors (Lipinski definition) is 2. The summed E-state index contributed by atoms with van der Waals surface area (Å²) >= 11 is 7.51. The second-order valence-electron chi connectivity index (χ2n) is 6.71. The number of aromatic nitrogens is 1. The number of thiazole rings is 1. The van der Waals surface area contributed by atoms with Crippen molar-refractivity contribution in [1.82, 2.24) is 4.98 Å². The number of anilines is 3. The van der Waals surface area contributed by atoms with Crippen molar-refractivity contribution < 1.29 is 14.4 Å². The van der Waals surface area contributed by atoms with Gasteiger partial charge in [-0.2, -0.15) is 0 Å². The Morgan fingerprint density at radius 1 is 1.10 bits per heavy atom. The van der Waals surface area contributed by atoms with Crippen LogP contribution in [0.2, 0.25) is 5.02 Å². The van der Waals surface area contributed by atoms with Crippen LogP contribution >= 0.6 is 22.9 Å². The van der Waals surface area contributed by atoms with Gasteiger partial charge in [-0.25, -0.2) is 4.98 Å². The van der Waals surface area contributed by atoms with Crippen molar-refractivity contribution in [3.05, 3.63) is 70.7 Å². The largest absolute Gasteiger partial charge is 0.326 e. The Bertz CT molecular complexity index is 1090. The predicted molar refractivity (Wildman–Crippen MR) is 117 cm³/mol. The van der Waals surface area contributed by atoms with Crippen molar-refractivity contribution in [2.45, 2.75) is 6.42 Å². The van der Waals surface area contributed by atoms with Crippen LogP contribution in [0, 0.1) is 5.92 Å². The van der Waals surface area contributed by atoms with Gasteiger partial charge < -0.3 is 10.2 Å². The minimum absolute atomic E-state index is 0.116. The molecule has 2 aromatic carbocycles. The van der Waals surface area contributed by atoms with E-state index >= 15 is 0 Å². The Hall–Kier alpha value is -3.23. The maximum absolute atomic E-state index is 12.6. The lowest BCUT2D eigenvalue weighted by Crippen LogP contribution is -2.28. The molecule has 1 aliphatic heterocycles. The zero-order valence-corrected chi connectivity index (χ0v) is 17.2. The minimum atomic E-state index is -0.485. The summed E-state index contributed by atoms with van der Waals surface area (Å²) < 4.78 is 0. The molecule has 2 heterocycles. The summed E-state index contributed by atoms with van der Waals surface area (Å²) in [5.74, 6) is -1.16. The van der Waals surface area contributed by atoms with Gasteiger partial charge in [-0.3, -0.25) is 19.7 Å². The molecule has 2 N–H and O–H groups in total. The fraction of sp³-hybridized carbons (Fsp3) is 0.143. The summed E-state index contributed by atoms with van der Waals surface area (Å²) in [6.45, 7) is 0.267. The van der Waals surface area contributed by atoms with Gasteiger partial charge >= 0.3 is 0 Å². The summed E-state index contributed by atoms with van der Waals surface area (Å²) in [5.41, 5.74) is 1.61. The number of hydrogen-bond acceptors (Lipinski definition) is 5. The molecule has 0 bridgehead atoms. The lowest BCUT2D eigenvalue weighted by atomic mass is 10.1. The van der Waals surface area contributed by atoms with E-state index in [9.17, 15) is 14.4 Å². The maximum atomic E-state index is 12.6. The molecule has 152 valence electrons. The van der Waals surface area contributed by atoms with E-state index in [2.05, 4.69) is 15.6 Å². The van der Waals surface area contributed by atoms with E-state index in [1.54, 1.807) is 65.0 Å². The van der Waals surface area contributed by atoms with Crippen LogP contribution in [0.5, 0.6) is 0 Å². The molecule has 1 unspecified atom stereocenters. The number of benzene rings is 2. The van der Waals surface area contributed by atoms with Crippen LogP contribution in [-0.4, -0.2) is 29.3 Å². The Balaban J connectivity index is 1.37. The molecule has 1 fully saturated rings. The predicted octanol–water partition coefficient (Wildman–Crippen LogP) is 4.04. The minimum Gasteiger partial charge on any atom is -0.326 e. The number of carbonyl (C=O) groups is 3. The number of para-hydroxylation sites is 1. The van der Waals surface area contributed by atoms with Gasteiger partial charge in [0.05, 0.1) is 16.6 Å². The molecule has 4 rings (SSSR count). The average Bonchev–Trinajstić information content (AvgIpc) is 3.38. The van der Waals surface area contributed by atoms with Gasteiger partial charge in [0.25, 0.3) is 5.91 Å². The second kappa shape index (κ2) is 8.64. The monoisotopic (exact) mass is 440 g/mol. The highest BCUT2D eigenvalue weighted by Gasteiger charge is 2.35. The van der Waals surface area contributed by atoms with Crippen LogP contribution in [0.1, 0.15) is 16.8 Å². The molecular formula is C21H17ClN4O3S. The van der Waals surface area contributed by atoms with Crippen molar-refractivity contribution in [2.75, 3.05) is 22.1 Å². The van der Waals surface area contributed by atoms with Crippen LogP contribution in [0.4, 0.5) is 16.5 Å². The Kier molecular flexibility index (Phi) is 5.78. The first kappa shape index (κ1) is 20.1. The molecule has 3 amide bonds. The van der Waals surface area contributed by atoms with Gasteiger partial charge in [-0.1, -0.05) is 23.7 Å². The number of halogens is 1. The molecular weight excluding hydrogens is 424 g/mol. The summed E-state index contributed by atoms with van der Waals surface area (Å²) in [6.07, 6.45) is 1.73. The zero-order valence-electron chi connectivity index (χ0n) is 15.7. The van der Waals surface area contributed by atoms with Gasteiger partial charge in [-0.15, -0.1) is 11.3 Å². The van der Waals surface area contributed by atoms with Crippen LogP contribution < -0.4 is 15.5 Å². The van der Waals surface area contributed by atoms with E-state index in [4.69, 9.17) is 11.6 Å². The highest BCUT2D eigenvalue weighted by Crippen LogP contribution is 2.31. The lowest BCUT2D eigenvalue weighted by molar-refractivity contribution is -0.122. The molecule has 1 aromatic heterocycles. The maximum Gasteiger partial charge on any atom is 0.257 e. The van der Waals surface area contributed by atoms with E-state index in [1.807, 2.05) is 0 Å². The molecule has 0 spiro atoms. The second-order valence-corrected chi connectivity index (χ2v) is 8.02. The summed E-state index contributed by atoms with van der Waals surface area (Å²) in [5, 5.41) is 8.27. The lowest BCUT2D eigenvalue weighted by Gasteiger charge is -2.18. The first-order valence-electron chi connectivity index (χ1n) is 9.18. The number of carbonyl (C=O) groups excluding carboxylic acids is 3. The third-order valence-corrected chi connectivity index (χ3v) is 5.71. The average molecular weight is 441 g/mol. The quantitative estimate of drug-likeness (QED) is 0.626. The molecule has 1 saturated heterocycles. The van der Waals surface area contributed by atoms with E-state index in [-0.39, 0.29) is 30.7 Å². The molecule has 0 radical (unpaired) electrons. The fourth-order valence-electron chi connectivity index (χ4n) is 3.19. The number of rotatable bonds is 5. The zero-order chi connectivity index (χ0) is 21.1. The fourth-order valence-corrected chi connectivity index (χ4v) is 3.95. The number of amides is 3. The van der Waals surface area contributed by atoms with Gasteiger partial charge in [-0.05, 0) is 36.4 Å². The Morgan fingerprint density at radius 2 is 1.87 bits per heavy atom. The van der Waals surface area contributed by atoms with E-state index in [1.165, 1.54) is 11.3 Å². The van der Waals surface area contributed by atoms with E-state index < -0.39 is 5.92 Å². The smallest absolute Gasteiger partial charge is 0.257 e. The summed E-state index contributed by atoms with van der Waals surface area (Å²) in [4.78, 5) is 42.8. The Morgan fingerprint density at radius 3 is 2.57 bits per heavy atom. The third-order valence-electron chi connectivity index (χ3n) is 4.71. The molecule has 9 heteroatoms. The van der Waals surface area contributed by atoms with Crippen LogP contribution in [0.15, 0.2) is 60.1 Å². The van der Waals surface area contributed by atoms with Gasteiger partial charge in [0.2, 0.25) is 11.8 Å². The van der Waals surface area contributed by atoms with E-state index in [0.29, 0.717) is 27.1 Å². The van der Waals surface area contributed by atoms with E-state index in [0.717, 1.165) is 0 Å². The molecule has 0 saturated carbocycles. The summed E-state index contributed by atoms with van der Waals surface area (Å²) in [7, 11) is 0. The van der Waals surface area contributed by atoms with Crippen molar-refractivity contribution in [3.63, 3.8) is 0 Å². The highest BCUT2D eigenvalue weighted by atomic mass is 35.5. The summed E-state index contributed by atoms with van der Waals surface area (Å²) in [6, 6.07) is 13.6. The Labute approximate surface area is 181 Å². The van der Waals surface area contributed by atoms with Crippen molar-refractivity contribution >= 4 is 57.2 Å². The van der Waals surface area contributed by atoms with Gasteiger partial charge in [0.15, 0.2) is 5.13 Å². The standard InChI is InChI=1S/C21H17ClN4O3S/c22-16-3-1-2-4-17(16)26-12-14(11-18(26)27)20(29)24-15-7-5-13(6-8-15)19(28)25-21-23-9-10-30-21/h1-10,14H,11-12H2,(H,24,29)(H,23,25,28). The van der Waals surface area contributed by atoms with Crippen molar-refractivity contribution in [2.24, 2.45) is 5.92 Å². The first-order chi connectivity index (χ1) is 14.5. The highest BCUT2D eigenvalue weighted by molar-refractivity contribution is 7.13. The van der Waals surface area contributed by atoms with Crippen LogP contribution in [0.3, 0.4) is 0 Å². The molecule has 7 nitrogen and oxygen atoms in total.